The number of nitrogens with zero attached hydrogens (tertiary/aromatic N) is 1. The van der Waals surface area contributed by atoms with E-state index in [9.17, 15) is 14.0 Å². The first-order valence-electron chi connectivity index (χ1n) is 8.49. The Morgan fingerprint density at radius 2 is 2.04 bits per heavy atom. The highest BCUT2D eigenvalue weighted by Gasteiger charge is 2.38. The molecule has 0 radical (unpaired) electrons. The van der Waals surface area contributed by atoms with Crippen LogP contribution in [0, 0.1) is 5.82 Å². The molecular weight excluding hydrogens is 355 g/mol. The molecule has 0 saturated carbocycles. The third kappa shape index (κ3) is 3.58. The molecule has 0 unspecified atom stereocenters. The summed E-state index contributed by atoms with van der Waals surface area (Å²) in [5, 5.41) is 3.09. The average molecular weight is 375 g/mol. The number of fused-ring (bicyclic) bond motifs is 1. The van der Waals surface area contributed by atoms with Gasteiger partial charge in [-0.15, -0.1) is 0 Å². The van der Waals surface area contributed by atoms with Gasteiger partial charge in [0.05, 0.1) is 6.42 Å². The topological polar surface area (TPSA) is 49.4 Å². The molecule has 0 fully saturated rings. The van der Waals surface area contributed by atoms with Gasteiger partial charge in [-0.3, -0.25) is 9.59 Å². The van der Waals surface area contributed by atoms with Crippen LogP contribution < -0.4 is 5.32 Å². The molecule has 6 heteroatoms. The normalized spacial score (nSPS) is 16.6. The molecule has 0 bridgehead atoms. The lowest BCUT2D eigenvalue weighted by atomic mass is 9.90. The molecule has 3 rings (SSSR count). The van der Waals surface area contributed by atoms with E-state index in [-0.39, 0.29) is 29.4 Å². The number of carbonyl (C=O) groups excluding carboxylic acids is 2. The second kappa shape index (κ2) is 7.46. The van der Waals surface area contributed by atoms with Gasteiger partial charge in [0.1, 0.15) is 11.9 Å². The molecule has 0 saturated heterocycles. The number of rotatable bonds is 4. The largest absolute Gasteiger partial charge is 0.350 e. The van der Waals surface area contributed by atoms with Crippen molar-refractivity contribution in [1.82, 2.24) is 10.2 Å². The smallest absolute Gasteiger partial charge is 0.247 e. The molecule has 1 heterocycles. The first-order chi connectivity index (χ1) is 12.4. The van der Waals surface area contributed by atoms with Crippen LogP contribution in [0.2, 0.25) is 5.02 Å². The molecular formula is C20H20ClFN2O2. The molecule has 4 nitrogen and oxygen atoms in total. The second-order valence-electron chi connectivity index (χ2n) is 6.63. The summed E-state index contributed by atoms with van der Waals surface area (Å²) in [4.78, 5) is 27.1. The Balaban J connectivity index is 1.86. The van der Waals surface area contributed by atoms with Crippen molar-refractivity contribution in [2.24, 2.45) is 0 Å². The Labute approximate surface area is 157 Å². The summed E-state index contributed by atoms with van der Waals surface area (Å²) in [6.45, 7) is 3.95. The van der Waals surface area contributed by atoms with E-state index >= 15 is 0 Å². The summed E-state index contributed by atoms with van der Waals surface area (Å²) < 4.78 is 13.2. The van der Waals surface area contributed by atoms with E-state index in [1.165, 1.54) is 18.2 Å². The van der Waals surface area contributed by atoms with Crippen LogP contribution in [0.4, 0.5) is 4.39 Å². The monoisotopic (exact) mass is 374 g/mol. The van der Waals surface area contributed by atoms with Crippen molar-refractivity contribution in [3.05, 3.63) is 70.0 Å². The zero-order valence-corrected chi connectivity index (χ0v) is 15.4. The molecule has 2 aromatic rings. The summed E-state index contributed by atoms with van der Waals surface area (Å²) in [6.07, 6.45) is 0.294. The fraction of sp³-hybridized carbons (Fsp3) is 0.300. The lowest BCUT2D eigenvalue weighted by Crippen LogP contribution is -2.50. The Bertz CT molecular complexity index is 853. The average Bonchev–Trinajstić information content (AvgIpc) is 2.59. The minimum absolute atomic E-state index is 0.0707. The van der Waals surface area contributed by atoms with Crippen molar-refractivity contribution in [3.8, 4) is 0 Å². The lowest BCUT2D eigenvalue weighted by Gasteiger charge is -2.39. The first kappa shape index (κ1) is 18.4. The van der Waals surface area contributed by atoms with Crippen molar-refractivity contribution in [2.75, 3.05) is 0 Å². The summed E-state index contributed by atoms with van der Waals surface area (Å²) >= 11 is 6.03. The number of benzene rings is 2. The van der Waals surface area contributed by atoms with Crippen LogP contribution in [0.1, 0.15) is 36.6 Å². The van der Waals surface area contributed by atoms with Crippen LogP contribution in [0.15, 0.2) is 42.5 Å². The van der Waals surface area contributed by atoms with Gasteiger partial charge in [0, 0.05) is 17.6 Å². The minimum Gasteiger partial charge on any atom is -0.350 e. The summed E-state index contributed by atoms with van der Waals surface area (Å²) in [7, 11) is 0. The van der Waals surface area contributed by atoms with Gasteiger partial charge in [-0.2, -0.15) is 0 Å². The van der Waals surface area contributed by atoms with Gasteiger partial charge in [-0.25, -0.2) is 4.39 Å². The van der Waals surface area contributed by atoms with E-state index in [0.717, 1.165) is 11.1 Å². The van der Waals surface area contributed by atoms with Crippen molar-refractivity contribution < 1.29 is 14.0 Å². The highest BCUT2D eigenvalue weighted by atomic mass is 35.5. The Morgan fingerprint density at radius 3 is 2.73 bits per heavy atom. The molecule has 0 spiro atoms. The molecule has 2 aromatic carbocycles. The van der Waals surface area contributed by atoms with Crippen LogP contribution in [0.3, 0.4) is 0 Å². The van der Waals surface area contributed by atoms with E-state index < -0.39 is 11.9 Å². The van der Waals surface area contributed by atoms with Crippen LogP contribution >= 0.6 is 11.6 Å². The molecule has 136 valence electrons. The summed E-state index contributed by atoms with van der Waals surface area (Å²) in [5.41, 5.74) is 2.32. The van der Waals surface area contributed by atoms with E-state index in [4.69, 9.17) is 11.6 Å². The van der Waals surface area contributed by atoms with E-state index in [2.05, 4.69) is 5.32 Å². The van der Waals surface area contributed by atoms with Crippen molar-refractivity contribution in [2.45, 2.75) is 38.9 Å². The number of nitrogens with one attached hydrogen (secondary N) is 1. The Hall–Kier alpha value is -2.40. The van der Waals surface area contributed by atoms with Crippen LogP contribution in [0.25, 0.3) is 0 Å². The van der Waals surface area contributed by atoms with Gasteiger partial charge in [-0.1, -0.05) is 41.9 Å². The summed E-state index contributed by atoms with van der Waals surface area (Å²) in [6, 6.07) is 10.7. The van der Waals surface area contributed by atoms with Crippen molar-refractivity contribution in [3.63, 3.8) is 0 Å². The summed E-state index contributed by atoms with van der Waals surface area (Å²) in [5.74, 6) is -0.777. The fourth-order valence-electron chi connectivity index (χ4n) is 3.31. The van der Waals surface area contributed by atoms with E-state index in [1.807, 2.05) is 38.1 Å². The SMILES string of the molecule is CC(C)N1C(=O)Cc2ccccc2[C@@H]1C(=O)NCc1ccc(F)cc1Cl. The number of hydrogen-bond donors (Lipinski definition) is 1. The Morgan fingerprint density at radius 1 is 1.31 bits per heavy atom. The zero-order valence-electron chi connectivity index (χ0n) is 14.6. The molecule has 26 heavy (non-hydrogen) atoms. The predicted octanol–water partition coefficient (Wildman–Crippen LogP) is 3.63. The quantitative estimate of drug-likeness (QED) is 0.888. The van der Waals surface area contributed by atoms with Crippen molar-refractivity contribution >= 4 is 23.4 Å². The molecule has 1 aliphatic heterocycles. The molecule has 1 N–H and O–H groups in total. The standard InChI is InChI=1S/C20H20ClFN2O2/c1-12(2)24-18(25)9-13-5-3-4-6-16(13)19(24)20(26)23-11-14-7-8-15(22)10-17(14)21/h3-8,10,12,19H,9,11H2,1-2H3,(H,23,26)/t19-/m1/s1. The number of halogens is 2. The van der Waals surface area contributed by atoms with Gasteiger partial charge < -0.3 is 10.2 Å². The highest BCUT2D eigenvalue weighted by molar-refractivity contribution is 6.31. The predicted molar refractivity (Wildman–Crippen MR) is 98.1 cm³/mol. The Kier molecular flexibility index (Phi) is 5.28. The van der Waals surface area contributed by atoms with Gasteiger partial charge in [-0.05, 0) is 42.7 Å². The second-order valence-corrected chi connectivity index (χ2v) is 7.03. The number of carbonyl (C=O) groups is 2. The van der Waals surface area contributed by atoms with E-state index in [1.54, 1.807) is 4.90 Å². The third-order valence-corrected chi connectivity index (χ3v) is 4.88. The van der Waals surface area contributed by atoms with E-state index in [0.29, 0.717) is 12.0 Å². The van der Waals surface area contributed by atoms with Gasteiger partial charge in [0.25, 0.3) is 0 Å². The molecule has 2 amide bonds. The van der Waals surface area contributed by atoms with Gasteiger partial charge in [0.15, 0.2) is 0 Å². The van der Waals surface area contributed by atoms with Gasteiger partial charge in [0.2, 0.25) is 11.8 Å². The third-order valence-electron chi connectivity index (χ3n) is 4.53. The highest BCUT2D eigenvalue weighted by Crippen LogP contribution is 2.32. The molecule has 1 aliphatic rings. The fourth-order valence-corrected chi connectivity index (χ4v) is 3.54. The maximum atomic E-state index is 13.2. The maximum absolute atomic E-state index is 13.2. The zero-order chi connectivity index (χ0) is 18.8. The minimum atomic E-state index is -0.688. The van der Waals surface area contributed by atoms with Crippen LogP contribution in [-0.4, -0.2) is 22.8 Å². The maximum Gasteiger partial charge on any atom is 0.247 e. The first-order valence-corrected chi connectivity index (χ1v) is 8.87. The van der Waals surface area contributed by atoms with Gasteiger partial charge >= 0.3 is 0 Å². The number of hydrogen-bond acceptors (Lipinski definition) is 2. The van der Waals surface area contributed by atoms with Crippen molar-refractivity contribution in [1.29, 1.82) is 0 Å². The number of amides is 2. The molecule has 0 aliphatic carbocycles. The molecule has 1 atom stereocenters. The molecule has 0 aromatic heterocycles. The van der Waals surface area contributed by atoms with Crippen LogP contribution in [-0.2, 0) is 22.6 Å². The van der Waals surface area contributed by atoms with Crippen LogP contribution in [0.5, 0.6) is 0 Å². The lowest BCUT2D eigenvalue weighted by molar-refractivity contribution is -0.143.